The van der Waals surface area contributed by atoms with Crippen LogP contribution in [-0.4, -0.2) is 45.0 Å². The molecule has 29 heavy (non-hydrogen) atoms. The summed E-state index contributed by atoms with van der Waals surface area (Å²) in [6.07, 6.45) is 1.48. The Morgan fingerprint density at radius 1 is 1.10 bits per heavy atom. The first-order chi connectivity index (χ1) is 13.9. The summed E-state index contributed by atoms with van der Waals surface area (Å²) in [5.41, 5.74) is 1.31. The van der Waals surface area contributed by atoms with E-state index in [1.54, 1.807) is 49.6 Å². The Balaban J connectivity index is 1.92. The van der Waals surface area contributed by atoms with Crippen molar-refractivity contribution >= 4 is 23.8 Å². The zero-order chi connectivity index (χ0) is 21.2. The molecule has 154 valence electrons. The highest BCUT2D eigenvalue weighted by atomic mass is 16.6. The number of carbonyl (C=O) groups is 2. The highest BCUT2D eigenvalue weighted by Gasteiger charge is 2.13. The van der Waals surface area contributed by atoms with E-state index < -0.39 is 11.9 Å². The average molecular weight is 400 g/mol. The average Bonchev–Trinajstić information content (AvgIpc) is 2.71. The molecule has 0 aliphatic rings. The Bertz CT molecular complexity index is 879. The van der Waals surface area contributed by atoms with Gasteiger partial charge in [0.2, 0.25) is 0 Å². The van der Waals surface area contributed by atoms with E-state index >= 15 is 0 Å². The molecule has 0 fully saturated rings. The molecule has 1 N–H and O–H groups in total. The van der Waals surface area contributed by atoms with Gasteiger partial charge in [0.15, 0.2) is 18.1 Å². The van der Waals surface area contributed by atoms with Crippen LogP contribution in [0, 0.1) is 0 Å². The number of rotatable bonds is 9. The van der Waals surface area contributed by atoms with Crippen molar-refractivity contribution in [3.63, 3.8) is 0 Å². The molecule has 2 rings (SSSR count). The zero-order valence-electron chi connectivity index (χ0n) is 16.8. The van der Waals surface area contributed by atoms with Gasteiger partial charge in [-0.2, -0.15) is 0 Å². The summed E-state index contributed by atoms with van der Waals surface area (Å²) >= 11 is 0. The number of carbonyl (C=O) groups excluding carboxylic acids is 2. The lowest BCUT2D eigenvalue weighted by Crippen LogP contribution is -2.19. The number of benzene rings is 2. The van der Waals surface area contributed by atoms with Crippen LogP contribution >= 0.6 is 0 Å². The molecule has 0 spiro atoms. The second-order valence-corrected chi connectivity index (χ2v) is 6.17. The van der Waals surface area contributed by atoms with Crippen molar-refractivity contribution in [1.29, 1.82) is 0 Å². The van der Waals surface area contributed by atoms with Crippen LogP contribution in [0.4, 0.5) is 5.69 Å². The summed E-state index contributed by atoms with van der Waals surface area (Å²) in [5, 5.41) is 6.38. The van der Waals surface area contributed by atoms with Crippen LogP contribution in [0.5, 0.6) is 11.5 Å². The van der Waals surface area contributed by atoms with E-state index in [1.807, 2.05) is 13.8 Å². The van der Waals surface area contributed by atoms with Crippen LogP contribution in [0.3, 0.4) is 0 Å². The highest BCUT2D eigenvalue weighted by molar-refractivity contribution is 6.01. The van der Waals surface area contributed by atoms with Crippen LogP contribution in [0.25, 0.3) is 0 Å². The van der Waals surface area contributed by atoms with Crippen LogP contribution in [0.2, 0.25) is 0 Å². The van der Waals surface area contributed by atoms with Crippen molar-refractivity contribution in [2.75, 3.05) is 26.1 Å². The largest absolute Gasteiger partial charge is 0.493 e. The van der Waals surface area contributed by atoms with E-state index in [-0.39, 0.29) is 18.3 Å². The molecular formula is C21H24N2O6. The lowest BCUT2D eigenvalue weighted by Gasteiger charge is -2.13. The number of methoxy groups -OCH3 is 2. The summed E-state index contributed by atoms with van der Waals surface area (Å²) < 4.78 is 15.7. The quantitative estimate of drug-likeness (QED) is 0.394. The maximum Gasteiger partial charge on any atom is 0.339 e. The predicted molar refractivity (Wildman–Crippen MR) is 109 cm³/mol. The van der Waals surface area contributed by atoms with Gasteiger partial charge in [0, 0.05) is 5.56 Å². The second-order valence-electron chi connectivity index (χ2n) is 6.17. The number of nitrogens with one attached hydrogen (secondary N) is 1. The highest BCUT2D eigenvalue weighted by Crippen LogP contribution is 2.28. The van der Waals surface area contributed by atoms with E-state index in [2.05, 4.69) is 10.5 Å². The van der Waals surface area contributed by atoms with Gasteiger partial charge in [-0.25, -0.2) is 4.79 Å². The van der Waals surface area contributed by atoms with Gasteiger partial charge in [0.25, 0.3) is 5.91 Å². The second kappa shape index (κ2) is 10.7. The maximum atomic E-state index is 12.0. The minimum Gasteiger partial charge on any atom is -0.493 e. The summed E-state index contributed by atoms with van der Waals surface area (Å²) in [6.45, 7) is 3.53. The smallest absolute Gasteiger partial charge is 0.339 e. The Morgan fingerprint density at radius 3 is 2.55 bits per heavy atom. The number of esters is 1. The minimum absolute atomic E-state index is 0.0228. The van der Waals surface area contributed by atoms with Crippen molar-refractivity contribution in [1.82, 2.24) is 0 Å². The number of hydrogen-bond donors (Lipinski definition) is 1. The molecule has 8 heteroatoms. The SMILES string of the molecule is COC(=O)c1ccccc1NC(=O)CO/N=C\c1ccc(OC(C)C)c(OC)c1. The van der Waals surface area contributed by atoms with Crippen LogP contribution < -0.4 is 14.8 Å². The van der Waals surface area contributed by atoms with E-state index in [1.165, 1.54) is 13.3 Å². The van der Waals surface area contributed by atoms with E-state index in [9.17, 15) is 9.59 Å². The van der Waals surface area contributed by atoms with Crippen molar-refractivity contribution in [2.24, 2.45) is 5.16 Å². The predicted octanol–water partition coefficient (Wildman–Crippen LogP) is 3.26. The van der Waals surface area contributed by atoms with Gasteiger partial charge in [-0.1, -0.05) is 17.3 Å². The first-order valence-electron chi connectivity index (χ1n) is 8.91. The Kier molecular flexibility index (Phi) is 8.02. The van der Waals surface area contributed by atoms with Gasteiger partial charge < -0.3 is 24.4 Å². The van der Waals surface area contributed by atoms with Crippen molar-refractivity contribution in [2.45, 2.75) is 20.0 Å². The number of nitrogens with zero attached hydrogens (tertiary/aromatic N) is 1. The Labute approximate surface area is 169 Å². The number of oxime groups is 1. The Morgan fingerprint density at radius 2 is 1.86 bits per heavy atom. The van der Waals surface area contributed by atoms with Crippen LogP contribution in [-0.2, 0) is 14.4 Å². The van der Waals surface area contributed by atoms with E-state index in [4.69, 9.17) is 19.0 Å². The summed E-state index contributed by atoms with van der Waals surface area (Å²) in [4.78, 5) is 28.8. The third-order valence-electron chi connectivity index (χ3n) is 3.63. The fourth-order valence-corrected chi connectivity index (χ4v) is 2.38. The maximum absolute atomic E-state index is 12.0. The van der Waals surface area contributed by atoms with Crippen LogP contribution in [0.15, 0.2) is 47.6 Å². The van der Waals surface area contributed by atoms with Gasteiger partial charge in [-0.15, -0.1) is 0 Å². The molecule has 0 radical (unpaired) electrons. The molecule has 0 heterocycles. The monoisotopic (exact) mass is 400 g/mol. The normalized spacial score (nSPS) is 10.7. The third kappa shape index (κ3) is 6.53. The molecule has 2 aromatic rings. The molecule has 8 nitrogen and oxygen atoms in total. The number of anilines is 1. The summed E-state index contributed by atoms with van der Waals surface area (Å²) in [5.74, 6) is 0.194. The molecular weight excluding hydrogens is 376 g/mol. The minimum atomic E-state index is -0.543. The lowest BCUT2D eigenvalue weighted by molar-refractivity contribution is -0.120. The number of amides is 1. The number of para-hydroxylation sites is 1. The molecule has 0 unspecified atom stereocenters. The molecule has 0 saturated heterocycles. The standard InChI is InChI=1S/C21H24N2O6/c1-14(2)29-18-10-9-15(11-19(18)26-3)12-22-28-13-20(24)23-17-8-6-5-7-16(17)21(25)27-4/h5-12,14H,13H2,1-4H3,(H,23,24)/b22-12-. The first-order valence-corrected chi connectivity index (χ1v) is 8.91. The zero-order valence-corrected chi connectivity index (χ0v) is 16.8. The van der Waals surface area contributed by atoms with Crippen molar-refractivity contribution in [3.8, 4) is 11.5 Å². The van der Waals surface area contributed by atoms with Gasteiger partial charge in [-0.05, 0) is 44.2 Å². The number of ether oxygens (including phenoxy) is 3. The first kappa shape index (κ1) is 21.7. The molecule has 0 bridgehead atoms. The lowest BCUT2D eigenvalue weighted by atomic mass is 10.2. The summed E-state index contributed by atoms with van der Waals surface area (Å²) in [6, 6.07) is 11.8. The fraction of sp³-hybridized carbons (Fsp3) is 0.286. The molecule has 1 amide bonds. The van der Waals surface area contributed by atoms with Gasteiger partial charge in [-0.3, -0.25) is 4.79 Å². The number of hydrogen-bond acceptors (Lipinski definition) is 7. The molecule has 0 atom stereocenters. The van der Waals surface area contributed by atoms with Gasteiger partial charge in [0.1, 0.15) is 0 Å². The van der Waals surface area contributed by atoms with E-state index in [0.717, 1.165) is 5.56 Å². The fourth-order valence-electron chi connectivity index (χ4n) is 2.38. The van der Waals surface area contributed by atoms with Crippen molar-refractivity contribution < 1.29 is 28.6 Å². The topological polar surface area (TPSA) is 95.5 Å². The molecule has 0 aliphatic heterocycles. The molecule has 0 saturated carbocycles. The molecule has 0 aromatic heterocycles. The molecule has 0 aliphatic carbocycles. The van der Waals surface area contributed by atoms with E-state index in [0.29, 0.717) is 17.2 Å². The third-order valence-corrected chi connectivity index (χ3v) is 3.63. The molecule has 2 aromatic carbocycles. The van der Waals surface area contributed by atoms with Crippen molar-refractivity contribution in [3.05, 3.63) is 53.6 Å². The Hall–Kier alpha value is -3.55. The summed E-state index contributed by atoms with van der Waals surface area (Å²) in [7, 11) is 2.83. The van der Waals surface area contributed by atoms with Crippen LogP contribution in [0.1, 0.15) is 29.8 Å². The van der Waals surface area contributed by atoms with Gasteiger partial charge in [0.05, 0.1) is 37.8 Å². The van der Waals surface area contributed by atoms with Gasteiger partial charge >= 0.3 is 5.97 Å².